The number of para-hydroxylation sites is 1. The summed E-state index contributed by atoms with van der Waals surface area (Å²) in [5.74, 6) is -0.333. The molecule has 3 rings (SSSR count). The second-order valence-corrected chi connectivity index (χ2v) is 6.62. The smallest absolute Gasteiger partial charge is 0.263 e. The minimum atomic E-state index is -0.333. The largest absolute Gasteiger partial charge is 0.383 e. The molecule has 142 valence electrons. The van der Waals surface area contributed by atoms with Crippen molar-refractivity contribution in [3.05, 3.63) is 69.8 Å². The molecule has 0 spiro atoms. The Morgan fingerprint density at radius 2 is 1.93 bits per heavy atom. The quantitative estimate of drug-likeness (QED) is 0.698. The molecule has 0 unspecified atom stereocenters. The van der Waals surface area contributed by atoms with Crippen LogP contribution in [0.5, 0.6) is 0 Å². The zero-order chi connectivity index (χ0) is 19.4. The molecular formula is C21H25N3O3. The number of fused-ring (bicyclic) bond motifs is 1. The molecule has 1 amide bonds. The Morgan fingerprint density at radius 3 is 2.70 bits per heavy atom. The fourth-order valence-electron chi connectivity index (χ4n) is 3.38. The normalized spacial score (nSPS) is 11.1. The predicted molar refractivity (Wildman–Crippen MR) is 106 cm³/mol. The van der Waals surface area contributed by atoms with E-state index in [0.717, 1.165) is 11.2 Å². The summed E-state index contributed by atoms with van der Waals surface area (Å²) in [5, 5.41) is 4.05. The fourth-order valence-corrected chi connectivity index (χ4v) is 3.38. The summed E-state index contributed by atoms with van der Waals surface area (Å²) in [6.07, 6.45) is 2.01. The highest BCUT2D eigenvalue weighted by Gasteiger charge is 2.17. The lowest BCUT2D eigenvalue weighted by molar-refractivity contribution is 0.0949. The van der Waals surface area contributed by atoms with Crippen LogP contribution in [-0.4, -0.2) is 35.3 Å². The van der Waals surface area contributed by atoms with Gasteiger partial charge in [0.1, 0.15) is 5.56 Å². The van der Waals surface area contributed by atoms with Gasteiger partial charge in [-0.1, -0.05) is 18.2 Å². The van der Waals surface area contributed by atoms with Gasteiger partial charge in [-0.05, 0) is 43.0 Å². The van der Waals surface area contributed by atoms with E-state index in [1.165, 1.54) is 5.39 Å². The number of methoxy groups -OCH3 is 1. The highest BCUT2D eigenvalue weighted by molar-refractivity contribution is 5.95. The summed E-state index contributed by atoms with van der Waals surface area (Å²) in [6.45, 7) is 5.60. The van der Waals surface area contributed by atoms with Crippen molar-refractivity contribution >= 4 is 16.8 Å². The van der Waals surface area contributed by atoms with Crippen LogP contribution < -0.4 is 10.9 Å². The van der Waals surface area contributed by atoms with E-state index in [4.69, 9.17) is 4.74 Å². The Hall–Kier alpha value is -2.86. The van der Waals surface area contributed by atoms with Gasteiger partial charge in [0.15, 0.2) is 0 Å². The van der Waals surface area contributed by atoms with Gasteiger partial charge in [0.25, 0.3) is 11.5 Å². The van der Waals surface area contributed by atoms with Gasteiger partial charge >= 0.3 is 0 Å². The highest BCUT2D eigenvalue weighted by Crippen LogP contribution is 2.14. The molecule has 6 nitrogen and oxygen atoms in total. The van der Waals surface area contributed by atoms with Crippen molar-refractivity contribution < 1.29 is 9.53 Å². The fraction of sp³-hybridized carbons (Fsp3) is 0.333. The van der Waals surface area contributed by atoms with E-state index in [0.29, 0.717) is 31.8 Å². The predicted octanol–water partition coefficient (Wildman–Crippen LogP) is 2.50. The molecule has 0 saturated carbocycles. The molecule has 2 heterocycles. The maximum atomic E-state index is 12.8. The van der Waals surface area contributed by atoms with Crippen LogP contribution in [-0.2, 0) is 17.8 Å². The van der Waals surface area contributed by atoms with Gasteiger partial charge in [-0.2, -0.15) is 0 Å². The van der Waals surface area contributed by atoms with E-state index in [1.807, 2.05) is 31.3 Å². The zero-order valence-corrected chi connectivity index (χ0v) is 16.0. The van der Waals surface area contributed by atoms with Crippen molar-refractivity contribution in [1.29, 1.82) is 0 Å². The average molecular weight is 367 g/mol. The first kappa shape index (κ1) is 18.9. The molecule has 0 aliphatic heterocycles. The highest BCUT2D eigenvalue weighted by atomic mass is 16.5. The van der Waals surface area contributed by atoms with E-state index in [9.17, 15) is 9.59 Å². The van der Waals surface area contributed by atoms with Gasteiger partial charge in [0.05, 0.1) is 6.61 Å². The summed E-state index contributed by atoms with van der Waals surface area (Å²) >= 11 is 0. The number of hydrogen-bond donors (Lipinski definition) is 1. The van der Waals surface area contributed by atoms with Crippen molar-refractivity contribution in [1.82, 2.24) is 14.5 Å². The second kappa shape index (κ2) is 8.22. The van der Waals surface area contributed by atoms with E-state index >= 15 is 0 Å². The van der Waals surface area contributed by atoms with E-state index in [-0.39, 0.29) is 17.0 Å². The molecule has 0 saturated heterocycles. The molecule has 6 heteroatoms. The van der Waals surface area contributed by atoms with E-state index < -0.39 is 0 Å². The van der Waals surface area contributed by atoms with E-state index in [1.54, 1.807) is 18.6 Å². The van der Waals surface area contributed by atoms with Gasteiger partial charge in [-0.15, -0.1) is 0 Å². The number of ether oxygens (including phenoxy) is 1. The number of hydrogen-bond acceptors (Lipinski definition) is 3. The number of rotatable bonds is 7. The van der Waals surface area contributed by atoms with Crippen LogP contribution in [0, 0.1) is 13.8 Å². The molecule has 1 N–H and O–H groups in total. The lowest BCUT2D eigenvalue weighted by Gasteiger charge is -2.14. The van der Waals surface area contributed by atoms with Gasteiger partial charge in [0.2, 0.25) is 0 Å². The summed E-state index contributed by atoms with van der Waals surface area (Å²) in [5.41, 5.74) is 2.57. The van der Waals surface area contributed by atoms with Crippen LogP contribution in [0.4, 0.5) is 0 Å². The van der Waals surface area contributed by atoms with Crippen molar-refractivity contribution in [2.75, 3.05) is 20.3 Å². The van der Waals surface area contributed by atoms with Gasteiger partial charge in [0, 0.05) is 44.2 Å². The number of carbonyl (C=O) groups excluding carboxylic acids is 1. The number of aryl methyl sites for hydroxylation is 2. The molecule has 0 aliphatic rings. The van der Waals surface area contributed by atoms with Crippen molar-refractivity contribution in [2.24, 2.45) is 0 Å². The molecule has 0 radical (unpaired) electrons. The zero-order valence-electron chi connectivity index (χ0n) is 16.0. The Labute approximate surface area is 158 Å². The second-order valence-electron chi connectivity index (χ2n) is 6.62. The van der Waals surface area contributed by atoms with Crippen LogP contribution in [0.25, 0.3) is 10.9 Å². The lowest BCUT2D eigenvalue weighted by atomic mass is 10.1. The molecule has 0 aliphatic carbocycles. The SMILES string of the molecule is COCCn1c(C)cc(C)c(C(=O)NCCn2ccc3ccccc32)c1=O. The molecule has 0 fully saturated rings. The molecule has 3 aromatic rings. The first-order valence-electron chi connectivity index (χ1n) is 9.05. The Bertz CT molecular complexity index is 1020. The number of carbonyl (C=O) groups is 1. The molecule has 0 atom stereocenters. The minimum absolute atomic E-state index is 0.203. The number of amides is 1. The molecule has 0 bridgehead atoms. The lowest BCUT2D eigenvalue weighted by Crippen LogP contribution is -2.36. The maximum Gasteiger partial charge on any atom is 0.263 e. The summed E-state index contributed by atoms with van der Waals surface area (Å²) in [4.78, 5) is 25.4. The molecule has 2 aromatic heterocycles. The summed E-state index contributed by atoms with van der Waals surface area (Å²) in [7, 11) is 1.59. The standard InChI is InChI=1S/C21H25N3O3/c1-15-14-16(2)24(12-13-27-3)21(26)19(15)20(25)22-9-11-23-10-8-17-6-4-5-7-18(17)23/h4-8,10,14H,9,11-13H2,1-3H3,(H,22,25). The van der Waals surface area contributed by atoms with Gasteiger partial charge < -0.3 is 19.2 Å². The summed E-state index contributed by atoms with van der Waals surface area (Å²) in [6, 6.07) is 12.0. The monoisotopic (exact) mass is 367 g/mol. The van der Waals surface area contributed by atoms with Gasteiger partial charge in [-0.25, -0.2) is 0 Å². The van der Waals surface area contributed by atoms with Gasteiger partial charge in [-0.3, -0.25) is 9.59 Å². The van der Waals surface area contributed by atoms with Crippen molar-refractivity contribution in [3.63, 3.8) is 0 Å². The first-order chi connectivity index (χ1) is 13.0. The Balaban J connectivity index is 1.73. The first-order valence-corrected chi connectivity index (χ1v) is 9.05. The van der Waals surface area contributed by atoms with Crippen molar-refractivity contribution in [3.8, 4) is 0 Å². The molecule has 1 aromatic carbocycles. The number of pyridine rings is 1. The minimum Gasteiger partial charge on any atom is -0.383 e. The number of nitrogens with one attached hydrogen (secondary N) is 1. The maximum absolute atomic E-state index is 12.8. The third kappa shape index (κ3) is 3.95. The molecular weight excluding hydrogens is 342 g/mol. The van der Waals surface area contributed by atoms with Crippen LogP contribution in [0.3, 0.4) is 0 Å². The number of benzene rings is 1. The average Bonchev–Trinajstić information content (AvgIpc) is 3.04. The van der Waals surface area contributed by atoms with Crippen molar-refractivity contribution in [2.45, 2.75) is 26.9 Å². The van der Waals surface area contributed by atoms with Crippen LogP contribution in [0.2, 0.25) is 0 Å². The van der Waals surface area contributed by atoms with E-state index in [2.05, 4.69) is 28.1 Å². The summed E-state index contributed by atoms with van der Waals surface area (Å²) < 4.78 is 8.74. The topological polar surface area (TPSA) is 65.3 Å². The third-order valence-electron chi connectivity index (χ3n) is 4.77. The van der Waals surface area contributed by atoms with Crippen LogP contribution >= 0.6 is 0 Å². The Kier molecular flexibility index (Phi) is 5.76. The number of aromatic nitrogens is 2. The molecule has 27 heavy (non-hydrogen) atoms. The van der Waals surface area contributed by atoms with Crippen LogP contribution in [0.15, 0.2) is 47.4 Å². The van der Waals surface area contributed by atoms with Crippen LogP contribution in [0.1, 0.15) is 21.6 Å². The third-order valence-corrected chi connectivity index (χ3v) is 4.77. The Morgan fingerprint density at radius 1 is 1.15 bits per heavy atom. The number of nitrogens with zero attached hydrogens (tertiary/aromatic N) is 2.